The summed E-state index contributed by atoms with van der Waals surface area (Å²) < 4.78 is 5.69. The first-order valence-electron chi connectivity index (χ1n) is 9.76. The number of rotatable bonds is 12. The molecule has 1 aromatic carbocycles. The van der Waals surface area contributed by atoms with Gasteiger partial charge in [-0.15, -0.1) is 0 Å². The van der Waals surface area contributed by atoms with Crippen LogP contribution in [0.1, 0.15) is 71.8 Å². The maximum atomic E-state index is 12.0. The zero-order valence-corrected chi connectivity index (χ0v) is 16.4. The lowest BCUT2D eigenvalue weighted by Crippen LogP contribution is -2.34. The SMILES string of the molecule is CCCCC/C=C\C(Cc1ccc(OC(C)C)cc1)NC(=O)CCC. The van der Waals surface area contributed by atoms with Gasteiger partial charge in [-0.05, 0) is 57.2 Å². The van der Waals surface area contributed by atoms with Crippen molar-refractivity contribution in [3.05, 3.63) is 42.0 Å². The summed E-state index contributed by atoms with van der Waals surface area (Å²) >= 11 is 0. The van der Waals surface area contributed by atoms with Gasteiger partial charge in [-0.1, -0.05) is 51.0 Å². The molecule has 0 bridgehead atoms. The number of carbonyl (C=O) groups is 1. The Morgan fingerprint density at radius 1 is 1.12 bits per heavy atom. The van der Waals surface area contributed by atoms with Gasteiger partial charge in [-0.25, -0.2) is 0 Å². The second-order valence-corrected chi connectivity index (χ2v) is 6.86. The molecule has 0 aliphatic carbocycles. The Morgan fingerprint density at radius 2 is 1.84 bits per heavy atom. The normalized spacial score (nSPS) is 12.5. The maximum absolute atomic E-state index is 12.0. The van der Waals surface area contributed by atoms with Crippen LogP contribution in [0.2, 0.25) is 0 Å². The third-order valence-corrected chi connectivity index (χ3v) is 3.92. The molecular formula is C22H35NO2. The largest absolute Gasteiger partial charge is 0.491 e. The Morgan fingerprint density at radius 3 is 2.44 bits per heavy atom. The number of unbranched alkanes of at least 4 members (excludes halogenated alkanes) is 3. The van der Waals surface area contributed by atoms with Crippen LogP contribution < -0.4 is 10.1 Å². The summed E-state index contributed by atoms with van der Waals surface area (Å²) in [7, 11) is 0. The number of carbonyl (C=O) groups excluding carboxylic acids is 1. The average molecular weight is 346 g/mol. The van der Waals surface area contributed by atoms with Crippen LogP contribution in [-0.2, 0) is 11.2 Å². The predicted octanol–water partition coefficient (Wildman–Crippen LogP) is 5.44. The zero-order valence-electron chi connectivity index (χ0n) is 16.4. The van der Waals surface area contributed by atoms with Crippen LogP contribution in [-0.4, -0.2) is 18.1 Å². The van der Waals surface area contributed by atoms with E-state index in [0.29, 0.717) is 6.42 Å². The lowest BCUT2D eigenvalue weighted by atomic mass is 10.0. The number of nitrogens with one attached hydrogen (secondary N) is 1. The highest BCUT2D eigenvalue weighted by Crippen LogP contribution is 2.15. The van der Waals surface area contributed by atoms with E-state index in [2.05, 4.69) is 36.5 Å². The maximum Gasteiger partial charge on any atom is 0.220 e. The second-order valence-electron chi connectivity index (χ2n) is 6.86. The number of benzene rings is 1. The molecule has 0 radical (unpaired) electrons. The first kappa shape index (κ1) is 21.3. The monoisotopic (exact) mass is 345 g/mol. The van der Waals surface area contributed by atoms with E-state index in [9.17, 15) is 4.79 Å². The lowest BCUT2D eigenvalue weighted by Gasteiger charge is -2.16. The van der Waals surface area contributed by atoms with E-state index in [1.54, 1.807) is 0 Å². The van der Waals surface area contributed by atoms with Gasteiger partial charge in [-0.2, -0.15) is 0 Å². The van der Waals surface area contributed by atoms with Gasteiger partial charge < -0.3 is 10.1 Å². The van der Waals surface area contributed by atoms with Crippen molar-refractivity contribution >= 4 is 5.91 Å². The van der Waals surface area contributed by atoms with Crippen LogP contribution >= 0.6 is 0 Å². The van der Waals surface area contributed by atoms with Crippen molar-refractivity contribution in [2.45, 2.75) is 84.8 Å². The number of hydrogen-bond donors (Lipinski definition) is 1. The van der Waals surface area contributed by atoms with Crippen molar-refractivity contribution < 1.29 is 9.53 Å². The van der Waals surface area contributed by atoms with Gasteiger partial charge in [0.1, 0.15) is 5.75 Å². The zero-order chi connectivity index (χ0) is 18.5. The van der Waals surface area contributed by atoms with E-state index >= 15 is 0 Å². The molecule has 1 atom stereocenters. The molecule has 0 aliphatic heterocycles. The molecule has 0 saturated carbocycles. The van der Waals surface area contributed by atoms with Crippen LogP contribution in [0.15, 0.2) is 36.4 Å². The summed E-state index contributed by atoms with van der Waals surface area (Å²) in [5.41, 5.74) is 1.20. The number of allylic oxidation sites excluding steroid dienone is 1. The van der Waals surface area contributed by atoms with Crippen LogP contribution in [0.5, 0.6) is 5.75 Å². The van der Waals surface area contributed by atoms with Gasteiger partial charge >= 0.3 is 0 Å². The molecule has 0 saturated heterocycles. The van der Waals surface area contributed by atoms with E-state index < -0.39 is 0 Å². The molecule has 3 heteroatoms. The standard InChI is InChI=1S/C22H35NO2/c1-5-7-8-9-10-12-20(23-22(24)11-6-2)17-19-13-15-21(16-14-19)25-18(3)4/h10,12-16,18,20H,5-9,11,17H2,1-4H3,(H,23,24)/b12-10-. The predicted molar refractivity (Wildman–Crippen MR) is 106 cm³/mol. The fourth-order valence-electron chi connectivity index (χ4n) is 2.68. The van der Waals surface area contributed by atoms with Crippen LogP contribution in [0, 0.1) is 0 Å². The first-order valence-corrected chi connectivity index (χ1v) is 9.76. The molecule has 0 aliphatic rings. The van der Waals surface area contributed by atoms with Gasteiger partial charge in [0.2, 0.25) is 5.91 Å². The molecule has 0 fully saturated rings. The molecule has 0 aromatic heterocycles. The second kappa shape index (κ2) is 12.6. The van der Waals surface area contributed by atoms with Gasteiger partial charge in [0, 0.05) is 6.42 Å². The molecule has 0 spiro atoms. The average Bonchev–Trinajstić information content (AvgIpc) is 2.56. The van der Waals surface area contributed by atoms with Gasteiger partial charge in [0.15, 0.2) is 0 Å². The molecule has 25 heavy (non-hydrogen) atoms. The number of amides is 1. The third-order valence-electron chi connectivity index (χ3n) is 3.92. The third kappa shape index (κ3) is 9.96. The number of ether oxygens (including phenoxy) is 1. The first-order chi connectivity index (χ1) is 12.0. The van der Waals surface area contributed by atoms with Crippen molar-refractivity contribution in [2.75, 3.05) is 0 Å². The number of hydrogen-bond acceptors (Lipinski definition) is 2. The van der Waals surface area contributed by atoms with Gasteiger partial charge in [-0.3, -0.25) is 4.79 Å². The molecule has 1 aromatic rings. The summed E-state index contributed by atoms with van der Waals surface area (Å²) in [6.45, 7) is 8.29. The molecular weight excluding hydrogens is 310 g/mol. The lowest BCUT2D eigenvalue weighted by molar-refractivity contribution is -0.121. The van der Waals surface area contributed by atoms with Crippen molar-refractivity contribution in [3.63, 3.8) is 0 Å². The van der Waals surface area contributed by atoms with E-state index in [4.69, 9.17) is 4.74 Å². The highest BCUT2D eigenvalue weighted by Gasteiger charge is 2.10. The Labute approximate surface area is 153 Å². The summed E-state index contributed by atoms with van der Waals surface area (Å²) in [5, 5.41) is 3.15. The molecule has 1 rings (SSSR count). The highest BCUT2D eigenvalue weighted by atomic mass is 16.5. The Balaban J connectivity index is 2.65. The van der Waals surface area contributed by atoms with E-state index in [1.807, 2.05) is 32.9 Å². The minimum absolute atomic E-state index is 0.0533. The van der Waals surface area contributed by atoms with E-state index in [-0.39, 0.29) is 18.1 Å². The molecule has 1 unspecified atom stereocenters. The summed E-state index contributed by atoms with van der Waals surface area (Å²) in [6, 6.07) is 8.23. The molecule has 1 N–H and O–H groups in total. The van der Waals surface area contributed by atoms with Gasteiger partial charge in [0.25, 0.3) is 0 Å². The van der Waals surface area contributed by atoms with Crippen molar-refractivity contribution in [2.24, 2.45) is 0 Å². The van der Waals surface area contributed by atoms with E-state index in [1.165, 1.54) is 24.8 Å². The van der Waals surface area contributed by atoms with E-state index in [0.717, 1.165) is 25.0 Å². The molecule has 3 nitrogen and oxygen atoms in total. The Bertz CT molecular complexity index is 505. The van der Waals surface area contributed by atoms with Crippen molar-refractivity contribution in [3.8, 4) is 5.75 Å². The summed E-state index contributed by atoms with van der Waals surface area (Å²) in [5.74, 6) is 1.02. The molecule has 140 valence electrons. The fraction of sp³-hybridized carbons (Fsp3) is 0.591. The quantitative estimate of drug-likeness (QED) is 0.405. The Hall–Kier alpha value is -1.77. The highest BCUT2D eigenvalue weighted by molar-refractivity contribution is 5.76. The van der Waals surface area contributed by atoms with Crippen LogP contribution in [0.3, 0.4) is 0 Å². The van der Waals surface area contributed by atoms with Gasteiger partial charge in [0.05, 0.1) is 12.1 Å². The fourth-order valence-corrected chi connectivity index (χ4v) is 2.68. The minimum Gasteiger partial charge on any atom is -0.491 e. The molecule has 1 amide bonds. The van der Waals surface area contributed by atoms with Crippen LogP contribution in [0.25, 0.3) is 0 Å². The summed E-state index contributed by atoms with van der Waals surface area (Å²) in [6.07, 6.45) is 11.6. The minimum atomic E-state index is 0.0533. The van der Waals surface area contributed by atoms with Crippen LogP contribution in [0.4, 0.5) is 0 Å². The summed E-state index contributed by atoms with van der Waals surface area (Å²) in [4.78, 5) is 12.0. The Kier molecular flexibility index (Phi) is 10.7. The molecule has 0 heterocycles. The van der Waals surface area contributed by atoms with Crippen molar-refractivity contribution in [1.29, 1.82) is 0 Å². The smallest absolute Gasteiger partial charge is 0.220 e. The topological polar surface area (TPSA) is 38.3 Å². The van der Waals surface area contributed by atoms with Crippen molar-refractivity contribution in [1.82, 2.24) is 5.32 Å².